The number of nitro groups is 1. The standard InChI is InChI=1S/C31H45N3O7Si2/c1-29(2,3)40-28(36)33-25-13-12-22(31(7,8)41-42-30(4,5)6)16-21(25)17-26(33)24-18-23(34(37)38)19-32(27(24)35)20-39-14-15-43(9,10)11/h12-13,16-19H,14-15,20H2,1-11H3. The van der Waals surface area contributed by atoms with Crippen LogP contribution in [0.3, 0.4) is 0 Å². The van der Waals surface area contributed by atoms with Crippen molar-refractivity contribution in [2.75, 3.05) is 6.61 Å². The Bertz CT molecular complexity index is 1550. The molecular formula is C31H45N3O7Si2. The Morgan fingerprint density at radius 1 is 1.02 bits per heavy atom. The number of carbonyl (C=O) groups excluding carboxylic acids is 1. The molecule has 0 aliphatic heterocycles. The Balaban J connectivity index is 2.20. The Labute approximate surface area is 257 Å². The fourth-order valence-corrected chi connectivity index (χ4v) is 5.61. The third-order valence-corrected chi connectivity index (χ3v) is 9.40. The summed E-state index contributed by atoms with van der Waals surface area (Å²) in [6.07, 6.45) is 0.480. The molecule has 0 fully saturated rings. The summed E-state index contributed by atoms with van der Waals surface area (Å²) in [5, 5.41) is 12.6. The molecule has 0 aliphatic carbocycles. The van der Waals surface area contributed by atoms with Gasteiger partial charge in [0.1, 0.15) is 12.3 Å². The predicted molar refractivity (Wildman–Crippen MR) is 174 cm³/mol. The van der Waals surface area contributed by atoms with Crippen LogP contribution in [0, 0.1) is 10.1 Å². The lowest BCUT2D eigenvalue weighted by molar-refractivity contribution is -0.385. The Morgan fingerprint density at radius 2 is 1.67 bits per heavy atom. The summed E-state index contributed by atoms with van der Waals surface area (Å²) in [6, 6.07) is 9.38. The molecule has 0 saturated heterocycles. The monoisotopic (exact) mass is 627 g/mol. The minimum Gasteiger partial charge on any atom is -0.443 e. The maximum atomic E-state index is 13.8. The van der Waals surface area contributed by atoms with Crippen molar-refractivity contribution in [2.45, 2.75) is 104 Å². The van der Waals surface area contributed by atoms with E-state index < -0.39 is 35.9 Å². The molecule has 1 aromatic carbocycles. The van der Waals surface area contributed by atoms with Crippen LogP contribution in [0.15, 0.2) is 41.3 Å². The van der Waals surface area contributed by atoms with Crippen LogP contribution in [0.4, 0.5) is 10.5 Å². The van der Waals surface area contributed by atoms with E-state index in [0.717, 1.165) is 11.6 Å². The minimum absolute atomic E-state index is 0.00340. The van der Waals surface area contributed by atoms with Gasteiger partial charge in [-0.05, 0) is 69.5 Å². The summed E-state index contributed by atoms with van der Waals surface area (Å²) in [5.74, 6) is 0. The van der Waals surface area contributed by atoms with Crippen LogP contribution in [0.1, 0.15) is 61.0 Å². The third kappa shape index (κ3) is 9.21. The van der Waals surface area contributed by atoms with E-state index in [1.165, 1.54) is 21.4 Å². The highest BCUT2D eigenvalue weighted by Crippen LogP contribution is 2.35. The maximum absolute atomic E-state index is 13.8. The van der Waals surface area contributed by atoms with Crippen molar-refractivity contribution < 1.29 is 23.6 Å². The van der Waals surface area contributed by atoms with E-state index in [1.54, 1.807) is 32.9 Å². The highest BCUT2D eigenvalue weighted by atomic mass is 28.3. The van der Waals surface area contributed by atoms with Gasteiger partial charge in [-0.1, -0.05) is 46.5 Å². The molecule has 2 heterocycles. The number of hydrogen-bond acceptors (Lipinski definition) is 7. The van der Waals surface area contributed by atoms with Gasteiger partial charge in [0.05, 0.1) is 33.5 Å². The lowest BCUT2D eigenvalue weighted by Gasteiger charge is -2.29. The van der Waals surface area contributed by atoms with Crippen LogP contribution in [0.2, 0.25) is 30.7 Å². The van der Waals surface area contributed by atoms with E-state index >= 15 is 0 Å². The number of carbonyl (C=O) groups is 1. The number of hydrogen-bond donors (Lipinski definition) is 0. The largest absolute Gasteiger partial charge is 0.443 e. The van der Waals surface area contributed by atoms with Crippen LogP contribution >= 0.6 is 0 Å². The van der Waals surface area contributed by atoms with Gasteiger partial charge >= 0.3 is 6.09 Å². The van der Waals surface area contributed by atoms with Crippen molar-refractivity contribution in [1.29, 1.82) is 0 Å². The first-order valence-electron chi connectivity index (χ1n) is 14.4. The fourth-order valence-electron chi connectivity index (χ4n) is 4.17. The van der Waals surface area contributed by atoms with Crippen molar-refractivity contribution in [3.05, 3.63) is 62.6 Å². The molecule has 0 unspecified atom stereocenters. The molecule has 12 heteroatoms. The number of nitrogens with zero attached hydrogens (tertiary/aromatic N) is 3. The number of aromatic nitrogens is 2. The fraction of sp³-hybridized carbons (Fsp3) is 0.548. The zero-order valence-corrected chi connectivity index (χ0v) is 29.3. The summed E-state index contributed by atoms with van der Waals surface area (Å²) < 4.78 is 20.3. The van der Waals surface area contributed by atoms with E-state index in [1.807, 2.05) is 26.0 Å². The molecule has 0 aliphatic rings. The maximum Gasteiger partial charge on any atom is 0.419 e. The van der Waals surface area contributed by atoms with Crippen molar-refractivity contribution in [2.24, 2.45) is 0 Å². The van der Waals surface area contributed by atoms with Crippen molar-refractivity contribution in [1.82, 2.24) is 9.13 Å². The van der Waals surface area contributed by atoms with Gasteiger partial charge in [-0.2, -0.15) is 0 Å². The van der Waals surface area contributed by atoms with Crippen LogP contribution in [-0.4, -0.2) is 50.2 Å². The van der Waals surface area contributed by atoms with Crippen LogP contribution < -0.4 is 5.56 Å². The molecule has 10 nitrogen and oxygen atoms in total. The molecule has 0 spiro atoms. The van der Waals surface area contributed by atoms with Crippen molar-refractivity contribution in [3.8, 4) is 11.3 Å². The molecule has 2 radical (unpaired) electrons. The molecule has 0 saturated carbocycles. The van der Waals surface area contributed by atoms with Crippen LogP contribution in [0.5, 0.6) is 0 Å². The third-order valence-electron chi connectivity index (χ3n) is 6.47. The molecule has 43 heavy (non-hydrogen) atoms. The molecule has 234 valence electrons. The first-order valence-corrected chi connectivity index (χ1v) is 19.0. The Hall–Kier alpha value is -3.07. The van der Waals surface area contributed by atoms with E-state index in [4.69, 9.17) is 13.9 Å². The summed E-state index contributed by atoms with van der Waals surface area (Å²) in [4.78, 5) is 38.7. The summed E-state index contributed by atoms with van der Waals surface area (Å²) in [5.41, 5.74) is -0.661. The summed E-state index contributed by atoms with van der Waals surface area (Å²) in [6.45, 7) is 22.5. The van der Waals surface area contributed by atoms with E-state index in [9.17, 15) is 19.7 Å². The second kappa shape index (κ2) is 12.5. The first-order chi connectivity index (χ1) is 19.6. The Morgan fingerprint density at radius 3 is 2.23 bits per heavy atom. The quantitative estimate of drug-likeness (QED) is 0.0986. The lowest BCUT2D eigenvalue weighted by Crippen LogP contribution is -2.29. The topological polar surface area (TPSA) is 115 Å². The number of pyridine rings is 1. The second-order valence-electron chi connectivity index (χ2n) is 14.6. The van der Waals surface area contributed by atoms with Gasteiger partial charge in [0.2, 0.25) is 9.76 Å². The minimum atomic E-state index is -1.38. The lowest BCUT2D eigenvalue weighted by atomic mass is 9.97. The Kier molecular flexibility index (Phi) is 10.0. The SMILES string of the molecule is CC(C)(C)OC(=O)n1c(-c2cc([N+](=O)[O-])cn(COCC[Si](C)(C)C)c2=O)cc2cc(C(C)(C)O[Si]C(C)(C)C)ccc21. The van der Waals surface area contributed by atoms with E-state index in [-0.39, 0.29) is 38.5 Å². The van der Waals surface area contributed by atoms with Gasteiger partial charge < -0.3 is 13.9 Å². The van der Waals surface area contributed by atoms with Crippen LogP contribution in [-0.2, 0) is 26.2 Å². The molecule has 0 N–H and O–H groups in total. The molecule has 0 amide bonds. The molecule has 0 atom stereocenters. The highest BCUT2D eigenvalue weighted by Gasteiger charge is 2.29. The van der Waals surface area contributed by atoms with Gasteiger partial charge in [0, 0.05) is 26.1 Å². The van der Waals surface area contributed by atoms with E-state index in [2.05, 4.69) is 40.4 Å². The summed E-state index contributed by atoms with van der Waals surface area (Å²) >= 11 is 0. The molecular weight excluding hydrogens is 583 g/mol. The smallest absolute Gasteiger partial charge is 0.419 e. The number of benzene rings is 1. The molecule has 0 bridgehead atoms. The van der Waals surface area contributed by atoms with Crippen molar-refractivity contribution >= 4 is 40.5 Å². The normalized spacial score (nSPS) is 13.0. The van der Waals surface area contributed by atoms with Crippen LogP contribution in [0.25, 0.3) is 22.2 Å². The second-order valence-corrected chi connectivity index (χ2v) is 22.1. The predicted octanol–water partition coefficient (Wildman–Crippen LogP) is 7.56. The van der Waals surface area contributed by atoms with Gasteiger partial charge in [-0.25, -0.2) is 9.36 Å². The zero-order chi connectivity index (χ0) is 32.5. The summed E-state index contributed by atoms with van der Waals surface area (Å²) in [7, 11) is -1.12. The molecule has 3 rings (SSSR count). The number of ether oxygens (including phenoxy) is 2. The van der Waals surface area contributed by atoms with Crippen molar-refractivity contribution in [3.63, 3.8) is 0 Å². The molecule has 2 aromatic heterocycles. The molecule has 3 aromatic rings. The van der Waals surface area contributed by atoms with E-state index in [0.29, 0.717) is 17.5 Å². The number of rotatable bonds is 10. The first kappa shape index (κ1) is 34.4. The van der Waals surface area contributed by atoms with Gasteiger partial charge in [0.25, 0.3) is 11.2 Å². The van der Waals surface area contributed by atoms with Gasteiger partial charge in [0.15, 0.2) is 0 Å². The number of fused-ring (bicyclic) bond motifs is 1. The zero-order valence-electron chi connectivity index (χ0n) is 27.3. The van der Waals surface area contributed by atoms with Gasteiger partial charge in [-0.15, -0.1) is 0 Å². The average molecular weight is 628 g/mol. The van der Waals surface area contributed by atoms with Gasteiger partial charge in [-0.3, -0.25) is 19.5 Å². The highest BCUT2D eigenvalue weighted by molar-refractivity contribution is 6.76. The average Bonchev–Trinajstić information content (AvgIpc) is 3.23.